The summed E-state index contributed by atoms with van der Waals surface area (Å²) in [4.78, 5) is 22.1. The first kappa shape index (κ1) is 13.7. The lowest BCUT2D eigenvalue weighted by atomic mass is 10.3. The van der Waals surface area contributed by atoms with Crippen molar-refractivity contribution in [1.82, 2.24) is 9.78 Å². The van der Waals surface area contributed by atoms with Crippen molar-refractivity contribution in [3.63, 3.8) is 0 Å². The SMILES string of the molecule is CC(C)OC(=O)c1ccn(-c2ccccc2[N+](=O)[O-])n1. The zero-order valence-corrected chi connectivity index (χ0v) is 11.0. The summed E-state index contributed by atoms with van der Waals surface area (Å²) in [7, 11) is 0. The number of hydrogen-bond acceptors (Lipinski definition) is 5. The maximum absolute atomic E-state index is 11.7. The predicted octanol–water partition coefficient (Wildman–Crippen LogP) is 2.35. The van der Waals surface area contributed by atoms with Crippen LogP contribution in [0.5, 0.6) is 0 Å². The van der Waals surface area contributed by atoms with Gasteiger partial charge in [-0.1, -0.05) is 12.1 Å². The molecular weight excluding hydrogens is 262 g/mol. The molecule has 0 aliphatic carbocycles. The second-order valence-corrected chi connectivity index (χ2v) is 4.35. The van der Waals surface area contributed by atoms with Crippen molar-refractivity contribution in [3.8, 4) is 5.69 Å². The zero-order chi connectivity index (χ0) is 14.7. The molecule has 0 radical (unpaired) electrons. The minimum atomic E-state index is -0.558. The Balaban J connectivity index is 2.34. The number of nitro benzene ring substituents is 1. The Hall–Kier alpha value is -2.70. The molecule has 7 nitrogen and oxygen atoms in total. The quantitative estimate of drug-likeness (QED) is 0.485. The van der Waals surface area contributed by atoms with Gasteiger partial charge in [0, 0.05) is 12.3 Å². The Morgan fingerprint density at radius 1 is 1.35 bits per heavy atom. The van der Waals surface area contributed by atoms with Gasteiger partial charge >= 0.3 is 5.97 Å². The maximum atomic E-state index is 11.7. The van der Waals surface area contributed by atoms with Gasteiger partial charge in [-0.2, -0.15) is 5.10 Å². The summed E-state index contributed by atoms with van der Waals surface area (Å²) in [6, 6.07) is 7.63. The monoisotopic (exact) mass is 275 g/mol. The summed E-state index contributed by atoms with van der Waals surface area (Å²) in [5.41, 5.74) is 0.317. The van der Waals surface area contributed by atoms with Crippen molar-refractivity contribution in [1.29, 1.82) is 0 Å². The first-order valence-corrected chi connectivity index (χ1v) is 5.99. The molecule has 1 heterocycles. The Morgan fingerprint density at radius 2 is 2.05 bits per heavy atom. The number of aromatic nitrogens is 2. The number of nitro groups is 1. The summed E-state index contributed by atoms with van der Waals surface area (Å²) in [5, 5.41) is 15.0. The van der Waals surface area contributed by atoms with E-state index in [1.165, 1.54) is 23.0 Å². The summed E-state index contributed by atoms with van der Waals surface area (Å²) < 4.78 is 6.30. The molecule has 0 aliphatic rings. The smallest absolute Gasteiger partial charge is 0.359 e. The molecule has 7 heteroatoms. The Morgan fingerprint density at radius 3 is 2.70 bits per heavy atom. The van der Waals surface area contributed by atoms with Gasteiger partial charge in [0.1, 0.15) is 5.69 Å². The number of rotatable bonds is 4. The zero-order valence-electron chi connectivity index (χ0n) is 11.0. The molecule has 0 amide bonds. The van der Waals surface area contributed by atoms with Crippen LogP contribution < -0.4 is 0 Å². The van der Waals surface area contributed by atoms with Crippen molar-refractivity contribution in [2.75, 3.05) is 0 Å². The van der Waals surface area contributed by atoms with Crippen molar-refractivity contribution >= 4 is 11.7 Å². The van der Waals surface area contributed by atoms with Gasteiger partial charge in [0.25, 0.3) is 5.69 Å². The highest BCUT2D eigenvalue weighted by atomic mass is 16.6. The van der Waals surface area contributed by atoms with E-state index in [1.54, 1.807) is 32.0 Å². The summed E-state index contributed by atoms with van der Waals surface area (Å²) in [6.45, 7) is 3.47. The van der Waals surface area contributed by atoms with Crippen LogP contribution >= 0.6 is 0 Å². The van der Waals surface area contributed by atoms with Crippen molar-refractivity contribution in [2.24, 2.45) is 0 Å². The Kier molecular flexibility index (Phi) is 3.79. The van der Waals surface area contributed by atoms with Crippen LogP contribution in [0.2, 0.25) is 0 Å². The van der Waals surface area contributed by atoms with E-state index < -0.39 is 10.9 Å². The number of benzene rings is 1. The van der Waals surface area contributed by atoms with E-state index in [2.05, 4.69) is 5.10 Å². The van der Waals surface area contributed by atoms with Crippen molar-refractivity contribution in [3.05, 3.63) is 52.3 Å². The van der Waals surface area contributed by atoms with Crippen molar-refractivity contribution in [2.45, 2.75) is 20.0 Å². The third kappa shape index (κ3) is 2.82. The van der Waals surface area contributed by atoms with Crippen LogP contribution in [0.15, 0.2) is 36.5 Å². The molecule has 0 unspecified atom stereocenters. The second-order valence-electron chi connectivity index (χ2n) is 4.35. The number of nitrogens with zero attached hydrogens (tertiary/aromatic N) is 3. The van der Waals surface area contributed by atoms with Crippen LogP contribution in [0.25, 0.3) is 5.69 Å². The fourth-order valence-electron chi connectivity index (χ4n) is 1.65. The molecule has 0 spiro atoms. The minimum Gasteiger partial charge on any atom is -0.458 e. The lowest BCUT2D eigenvalue weighted by Gasteiger charge is -2.05. The van der Waals surface area contributed by atoms with E-state index in [4.69, 9.17) is 4.74 Å². The Bertz CT molecular complexity index is 649. The third-order valence-corrected chi connectivity index (χ3v) is 2.47. The summed E-state index contributed by atoms with van der Waals surface area (Å²) in [5.74, 6) is -0.558. The number of ether oxygens (including phenoxy) is 1. The molecule has 104 valence electrons. The highest BCUT2D eigenvalue weighted by Crippen LogP contribution is 2.21. The van der Waals surface area contributed by atoms with E-state index in [9.17, 15) is 14.9 Å². The topological polar surface area (TPSA) is 87.3 Å². The first-order valence-electron chi connectivity index (χ1n) is 5.99. The number of carbonyl (C=O) groups excluding carboxylic acids is 1. The molecule has 1 aromatic heterocycles. The standard InChI is InChI=1S/C13H13N3O4/c1-9(2)20-13(17)10-7-8-15(14-10)11-5-3-4-6-12(11)16(18)19/h3-9H,1-2H3. The minimum absolute atomic E-state index is 0.0839. The summed E-state index contributed by atoms with van der Waals surface area (Å²) in [6.07, 6.45) is 1.23. The lowest BCUT2D eigenvalue weighted by Crippen LogP contribution is -2.12. The van der Waals surface area contributed by atoms with E-state index in [0.29, 0.717) is 5.69 Å². The second kappa shape index (κ2) is 5.52. The molecule has 0 N–H and O–H groups in total. The van der Waals surface area contributed by atoms with Crippen LogP contribution in [0.3, 0.4) is 0 Å². The van der Waals surface area contributed by atoms with E-state index >= 15 is 0 Å². The maximum Gasteiger partial charge on any atom is 0.359 e. The third-order valence-electron chi connectivity index (χ3n) is 2.47. The molecule has 20 heavy (non-hydrogen) atoms. The highest BCUT2D eigenvalue weighted by Gasteiger charge is 2.18. The number of hydrogen-bond donors (Lipinski definition) is 0. The molecule has 0 atom stereocenters. The fraction of sp³-hybridized carbons (Fsp3) is 0.231. The van der Waals surface area contributed by atoms with E-state index in [0.717, 1.165) is 0 Å². The van der Waals surface area contributed by atoms with Gasteiger partial charge in [-0.25, -0.2) is 9.48 Å². The number of carbonyl (C=O) groups is 1. The van der Waals surface area contributed by atoms with Crippen LogP contribution in [0.4, 0.5) is 5.69 Å². The number of esters is 1. The average Bonchev–Trinajstić information content (AvgIpc) is 2.87. The summed E-state index contributed by atoms with van der Waals surface area (Å²) >= 11 is 0. The van der Waals surface area contributed by atoms with Gasteiger partial charge in [0.05, 0.1) is 11.0 Å². The molecule has 0 aliphatic heterocycles. The average molecular weight is 275 g/mol. The first-order chi connectivity index (χ1) is 9.49. The molecule has 2 rings (SSSR count). The normalized spacial score (nSPS) is 10.6. The van der Waals surface area contributed by atoms with Gasteiger partial charge in [0.15, 0.2) is 5.69 Å². The molecule has 0 saturated heterocycles. The molecule has 0 fully saturated rings. The van der Waals surface area contributed by atoms with Gasteiger partial charge in [0.2, 0.25) is 0 Å². The molecule has 2 aromatic rings. The van der Waals surface area contributed by atoms with Crippen LogP contribution in [0, 0.1) is 10.1 Å². The highest BCUT2D eigenvalue weighted by molar-refractivity contribution is 5.87. The van der Waals surface area contributed by atoms with E-state index in [1.807, 2.05) is 0 Å². The van der Waals surface area contributed by atoms with Gasteiger partial charge in [-0.05, 0) is 26.0 Å². The lowest BCUT2D eigenvalue weighted by molar-refractivity contribution is -0.384. The molecular formula is C13H13N3O4. The number of para-hydroxylation sites is 2. The van der Waals surface area contributed by atoms with Gasteiger partial charge in [-0.15, -0.1) is 0 Å². The molecule has 0 bridgehead atoms. The largest absolute Gasteiger partial charge is 0.458 e. The predicted molar refractivity (Wildman–Crippen MR) is 70.8 cm³/mol. The van der Waals surface area contributed by atoms with Crippen LogP contribution in [0.1, 0.15) is 24.3 Å². The molecule has 1 aromatic carbocycles. The van der Waals surface area contributed by atoms with E-state index in [-0.39, 0.29) is 17.5 Å². The van der Waals surface area contributed by atoms with Gasteiger partial charge < -0.3 is 4.74 Å². The van der Waals surface area contributed by atoms with Crippen molar-refractivity contribution < 1.29 is 14.5 Å². The van der Waals surface area contributed by atoms with Crippen LogP contribution in [-0.2, 0) is 4.74 Å². The van der Waals surface area contributed by atoms with Crippen LogP contribution in [-0.4, -0.2) is 26.8 Å². The van der Waals surface area contributed by atoms with Gasteiger partial charge in [-0.3, -0.25) is 10.1 Å². The Labute approximate surface area is 114 Å². The fourth-order valence-corrected chi connectivity index (χ4v) is 1.65. The molecule has 0 saturated carbocycles.